The number of carbonyl (C=O) groups is 2. The van der Waals surface area contributed by atoms with Gasteiger partial charge in [0.15, 0.2) is 0 Å². The van der Waals surface area contributed by atoms with E-state index in [-0.39, 0.29) is 34.0 Å². The average molecular weight is 613 g/mol. The number of rotatable bonds is 10. The lowest BCUT2D eigenvalue weighted by Crippen LogP contribution is -2.38. The first-order chi connectivity index (χ1) is 19.6. The van der Waals surface area contributed by atoms with Gasteiger partial charge in [-0.3, -0.25) is 9.59 Å². The molecule has 0 aliphatic rings. The monoisotopic (exact) mass is 612 g/mol. The molecule has 0 aromatic heterocycles. The standard InChI is InChI=1S/C32H40N2O6S2/c1-9-11-29(35)33(41(37,38)31-23(5)17-21(3)18-24(31)6)27-13-15-28(16-14-27)34(30(36)12-10-2)42(39,40)32-25(7)19-22(4)20-26(32)8/h13-20H,9-12H2,1-8H3. The second-order valence-corrected chi connectivity index (χ2v) is 14.2. The van der Waals surface area contributed by atoms with E-state index in [4.69, 9.17) is 0 Å². The van der Waals surface area contributed by atoms with E-state index in [1.807, 2.05) is 13.8 Å². The summed E-state index contributed by atoms with van der Waals surface area (Å²) in [7, 11) is -8.63. The Kier molecular flexibility index (Phi) is 10.1. The molecule has 0 saturated heterocycles. The quantitative estimate of drug-likeness (QED) is 0.256. The highest BCUT2D eigenvalue weighted by atomic mass is 32.2. The number of aryl methyl sites for hydroxylation is 6. The van der Waals surface area contributed by atoms with Gasteiger partial charge < -0.3 is 0 Å². The van der Waals surface area contributed by atoms with Crippen LogP contribution in [0, 0.1) is 41.5 Å². The minimum atomic E-state index is -4.31. The SMILES string of the molecule is CCCC(=O)N(c1ccc(N(C(=O)CCC)S(=O)(=O)c2c(C)cc(C)cc2C)cc1)S(=O)(=O)c1c(C)cc(C)cc1C. The Bertz CT molecular complexity index is 1550. The molecule has 0 N–H and O–H groups in total. The van der Waals surface area contributed by atoms with Crippen LogP contribution in [0.25, 0.3) is 0 Å². The summed E-state index contributed by atoms with van der Waals surface area (Å²) in [6.45, 7) is 14.1. The Morgan fingerprint density at radius 3 is 1.05 bits per heavy atom. The zero-order valence-corrected chi connectivity index (χ0v) is 27.2. The zero-order chi connectivity index (χ0) is 31.6. The molecule has 10 heteroatoms. The highest BCUT2D eigenvalue weighted by Gasteiger charge is 2.35. The summed E-state index contributed by atoms with van der Waals surface area (Å²) in [6, 6.07) is 12.5. The van der Waals surface area contributed by atoms with Gasteiger partial charge in [-0.15, -0.1) is 0 Å². The first-order valence-electron chi connectivity index (χ1n) is 14.0. The molecular weight excluding hydrogens is 572 g/mol. The third-order valence-electron chi connectivity index (χ3n) is 6.91. The van der Waals surface area contributed by atoms with E-state index in [0.717, 1.165) is 19.7 Å². The minimum Gasteiger partial charge on any atom is -0.273 e. The van der Waals surface area contributed by atoms with Gasteiger partial charge in [0, 0.05) is 12.8 Å². The Balaban J connectivity index is 2.20. The smallest absolute Gasteiger partial charge is 0.271 e. The van der Waals surface area contributed by atoms with Crippen molar-refractivity contribution in [3.63, 3.8) is 0 Å². The lowest BCUT2D eigenvalue weighted by Gasteiger charge is -2.27. The Labute approximate surface area is 250 Å². The Morgan fingerprint density at radius 1 is 0.548 bits per heavy atom. The summed E-state index contributed by atoms with van der Waals surface area (Å²) in [5.41, 5.74) is 3.98. The van der Waals surface area contributed by atoms with E-state index >= 15 is 0 Å². The van der Waals surface area contributed by atoms with Crippen molar-refractivity contribution < 1.29 is 26.4 Å². The summed E-state index contributed by atoms with van der Waals surface area (Å²) in [4.78, 5) is 26.7. The topological polar surface area (TPSA) is 109 Å². The number of hydrogen-bond donors (Lipinski definition) is 0. The fourth-order valence-electron chi connectivity index (χ4n) is 5.52. The van der Waals surface area contributed by atoms with Crippen molar-refractivity contribution in [2.24, 2.45) is 0 Å². The summed E-state index contributed by atoms with van der Waals surface area (Å²) in [5, 5.41) is 0. The predicted molar refractivity (Wildman–Crippen MR) is 167 cm³/mol. The number of benzene rings is 3. The second-order valence-electron chi connectivity index (χ2n) is 10.8. The van der Waals surface area contributed by atoms with Crippen LogP contribution in [-0.4, -0.2) is 28.6 Å². The molecule has 0 saturated carbocycles. The zero-order valence-electron chi connectivity index (χ0n) is 25.6. The van der Waals surface area contributed by atoms with Crippen molar-refractivity contribution in [2.75, 3.05) is 8.61 Å². The predicted octanol–water partition coefficient (Wildman–Crippen LogP) is 6.58. The number of nitrogens with zero attached hydrogens (tertiary/aromatic N) is 2. The number of sulfonamides is 2. The van der Waals surface area contributed by atoms with Crippen LogP contribution in [0.2, 0.25) is 0 Å². The normalized spacial score (nSPS) is 11.8. The minimum absolute atomic E-state index is 0.00753. The molecule has 0 unspecified atom stereocenters. The van der Waals surface area contributed by atoms with Crippen molar-refractivity contribution in [1.82, 2.24) is 0 Å². The lowest BCUT2D eigenvalue weighted by atomic mass is 10.1. The highest BCUT2D eigenvalue weighted by Crippen LogP contribution is 2.34. The van der Waals surface area contributed by atoms with Crippen molar-refractivity contribution in [3.8, 4) is 0 Å². The third-order valence-corrected chi connectivity index (χ3v) is 11.0. The summed E-state index contributed by atoms with van der Waals surface area (Å²) in [6.07, 6.45) is 0.849. The van der Waals surface area contributed by atoms with Gasteiger partial charge in [-0.25, -0.2) is 25.4 Å². The molecule has 8 nitrogen and oxygen atoms in total. The van der Waals surface area contributed by atoms with E-state index in [9.17, 15) is 26.4 Å². The largest absolute Gasteiger partial charge is 0.273 e. The van der Waals surface area contributed by atoms with Crippen molar-refractivity contribution in [2.45, 2.75) is 90.9 Å². The van der Waals surface area contributed by atoms with Crippen molar-refractivity contribution in [1.29, 1.82) is 0 Å². The van der Waals surface area contributed by atoms with Gasteiger partial charge >= 0.3 is 0 Å². The first kappa shape index (κ1) is 33.0. The molecule has 42 heavy (non-hydrogen) atoms. The van der Waals surface area contributed by atoms with Gasteiger partial charge in [0.2, 0.25) is 11.8 Å². The molecule has 0 heterocycles. The Morgan fingerprint density at radius 2 is 0.810 bits per heavy atom. The molecule has 0 spiro atoms. The van der Waals surface area contributed by atoms with E-state index in [0.29, 0.717) is 35.1 Å². The molecule has 0 atom stereocenters. The molecule has 3 aromatic carbocycles. The fraction of sp³-hybridized carbons (Fsp3) is 0.375. The number of carbonyl (C=O) groups excluding carboxylic acids is 2. The van der Waals surface area contributed by atoms with Gasteiger partial charge in [0.05, 0.1) is 21.2 Å². The van der Waals surface area contributed by atoms with Crippen molar-refractivity contribution >= 4 is 43.2 Å². The number of hydrogen-bond acceptors (Lipinski definition) is 6. The van der Waals surface area contributed by atoms with Crippen LogP contribution >= 0.6 is 0 Å². The van der Waals surface area contributed by atoms with Crippen LogP contribution in [0.5, 0.6) is 0 Å². The Hall–Kier alpha value is -3.50. The van der Waals surface area contributed by atoms with Crippen molar-refractivity contribution in [3.05, 3.63) is 81.9 Å². The highest BCUT2D eigenvalue weighted by molar-refractivity contribution is 7.94. The van der Waals surface area contributed by atoms with E-state index in [1.165, 1.54) is 24.3 Å². The van der Waals surface area contributed by atoms with E-state index in [1.54, 1.807) is 65.8 Å². The molecule has 226 valence electrons. The van der Waals surface area contributed by atoms with Crippen LogP contribution in [0.15, 0.2) is 58.3 Å². The van der Waals surface area contributed by atoms with Crippen LogP contribution in [0.4, 0.5) is 11.4 Å². The van der Waals surface area contributed by atoms with Crippen LogP contribution in [-0.2, 0) is 29.6 Å². The number of amides is 2. The maximum absolute atomic E-state index is 14.0. The maximum Gasteiger partial charge on any atom is 0.271 e. The van der Waals surface area contributed by atoms with E-state index < -0.39 is 31.9 Å². The lowest BCUT2D eigenvalue weighted by molar-refractivity contribution is -0.118. The summed E-state index contributed by atoms with van der Waals surface area (Å²) in [5.74, 6) is -1.22. The number of anilines is 2. The van der Waals surface area contributed by atoms with Gasteiger partial charge in [0.25, 0.3) is 20.0 Å². The van der Waals surface area contributed by atoms with Gasteiger partial charge in [-0.1, -0.05) is 49.2 Å². The fourth-order valence-corrected chi connectivity index (χ4v) is 9.26. The molecule has 3 rings (SSSR count). The molecule has 2 amide bonds. The van der Waals surface area contributed by atoms with Gasteiger partial charge in [-0.05, 0) is 101 Å². The van der Waals surface area contributed by atoms with Gasteiger partial charge in [0.1, 0.15) is 0 Å². The van der Waals surface area contributed by atoms with Gasteiger partial charge in [-0.2, -0.15) is 0 Å². The maximum atomic E-state index is 14.0. The summed E-state index contributed by atoms with van der Waals surface area (Å²) < 4.78 is 57.6. The van der Waals surface area contributed by atoms with E-state index in [2.05, 4.69) is 0 Å². The third kappa shape index (κ3) is 6.44. The van der Waals surface area contributed by atoms with Crippen LogP contribution in [0.1, 0.15) is 72.9 Å². The summed E-state index contributed by atoms with van der Waals surface area (Å²) >= 11 is 0. The average Bonchev–Trinajstić information content (AvgIpc) is 2.83. The molecule has 0 fully saturated rings. The first-order valence-corrected chi connectivity index (χ1v) is 16.9. The molecule has 3 aromatic rings. The molecule has 0 aliphatic carbocycles. The molecule has 0 aliphatic heterocycles. The second kappa shape index (κ2) is 12.8. The molecule has 0 radical (unpaired) electrons. The molecule has 0 bridgehead atoms. The molecular formula is C32H40N2O6S2. The van der Waals surface area contributed by atoms with Crippen LogP contribution < -0.4 is 8.61 Å². The van der Waals surface area contributed by atoms with Crippen LogP contribution in [0.3, 0.4) is 0 Å².